The van der Waals surface area contributed by atoms with Gasteiger partial charge in [-0.1, -0.05) is 202 Å². The van der Waals surface area contributed by atoms with E-state index in [1.54, 1.807) is 0 Å². The van der Waals surface area contributed by atoms with Gasteiger partial charge in [0.2, 0.25) is 0 Å². The zero-order chi connectivity index (χ0) is 42.1. The van der Waals surface area contributed by atoms with Crippen molar-refractivity contribution in [1.82, 2.24) is 0 Å². The molecule has 0 rings (SSSR count). The highest BCUT2D eigenvalue weighted by molar-refractivity contribution is 5.70. The predicted octanol–water partition coefficient (Wildman–Crippen LogP) is 16.1. The van der Waals surface area contributed by atoms with Gasteiger partial charge in [-0.05, 0) is 83.5 Å². The number of rotatable bonds is 43. The minimum absolute atomic E-state index is 0.0563. The Bertz CT molecular complexity index is 1090. The van der Waals surface area contributed by atoms with Crippen LogP contribution in [0.1, 0.15) is 213 Å². The molecule has 5 nitrogen and oxygen atoms in total. The lowest BCUT2D eigenvalue weighted by atomic mass is 10.1. The van der Waals surface area contributed by atoms with E-state index >= 15 is 0 Å². The third-order valence-corrected chi connectivity index (χ3v) is 9.93. The minimum Gasteiger partial charge on any atom is -0.462 e. The Labute approximate surface area is 359 Å². The summed E-state index contributed by atoms with van der Waals surface area (Å²) in [7, 11) is 0. The number of hydrogen-bond acceptors (Lipinski definition) is 5. The van der Waals surface area contributed by atoms with Crippen molar-refractivity contribution in [3.8, 4) is 0 Å². The molecule has 5 heteroatoms. The Hall–Kier alpha value is -2.92. The number of hydrogen-bond donors (Lipinski definition) is 0. The maximum atomic E-state index is 12.7. The average molecular weight is 807 g/mol. The molecule has 1 atom stereocenters. The average Bonchev–Trinajstić information content (AvgIpc) is 3.22. The molecule has 0 N–H and O–H groups in total. The summed E-state index contributed by atoms with van der Waals surface area (Å²) in [5, 5.41) is 0. The number of ether oxygens (including phenoxy) is 3. The van der Waals surface area contributed by atoms with Crippen molar-refractivity contribution >= 4 is 11.9 Å². The van der Waals surface area contributed by atoms with E-state index in [2.05, 4.69) is 106 Å². The van der Waals surface area contributed by atoms with Gasteiger partial charge in [-0.3, -0.25) is 9.59 Å². The van der Waals surface area contributed by atoms with Gasteiger partial charge in [0, 0.05) is 19.4 Å². The molecule has 0 aromatic rings. The minimum atomic E-state index is -0.569. The van der Waals surface area contributed by atoms with E-state index in [0.717, 1.165) is 96.3 Å². The predicted molar refractivity (Wildman–Crippen MR) is 251 cm³/mol. The zero-order valence-electron chi connectivity index (χ0n) is 38.0. The first-order valence-corrected chi connectivity index (χ1v) is 24.1. The molecule has 0 aliphatic carbocycles. The van der Waals surface area contributed by atoms with Crippen LogP contribution in [-0.4, -0.2) is 37.9 Å². The number of allylic oxidation sites excluding steroid dienone is 14. The largest absolute Gasteiger partial charge is 0.462 e. The van der Waals surface area contributed by atoms with Crippen molar-refractivity contribution < 1.29 is 23.8 Å². The number of unbranched alkanes of at least 4 members (excludes halogenated alkanes) is 18. The van der Waals surface area contributed by atoms with Crippen molar-refractivity contribution in [2.24, 2.45) is 0 Å². The summed E-state index contributed by atoms with van der Waals surface area (Å²) in [4.78, 5) is 25.3. The van der Waals surface area contributed by atoms with Gasteiger partial charge in [0.1, 0.15) is 6.61 Å². The van der Waals surface area contributed by atoms with Crippen molar-refractivity contribution in [2.75, 3.05) is 19.8 Å². The van der Waals surface area contributed by atoms with E-state index < -0.39 is 6.10 Å². The number of carbonyl (C=O) groups is 2. The smallest absolute Gasteiger partial charge is 0.306 e. The molecule has 0 amide bonds. The molecule has 332 valence electrons. The molecule has 0 aromatic heterocycles. The van der Waals surface area contributed by atoms with Crippen molar-refractivity contribution in [1.29, 1.82) is 0 Å². The maximum Gasteiger partial charge on any atom is 0.306 e. The molecule has 0 aliphatic rings. The fraction of sp³-hybridized carbons (Fsp3) is 0.698. The molecule has 0 bridgehead atoms. The second kappa shape index (κ2) is 48.4. The van der Waals surface area contributed by atoms with E-state index in [0.29, 0.717) is 19.4 Å². The summed E-state index contributed by atoms with van der Waals surface area (Å²) in [6.07, 6.45) is 63.1. The summed E-state index contributed by atoms with van der Waals surface area (Å²) in [6, 6.07) is 0. The quantitative estimate of drug-likeness (QED) is 0.0349. The van der Waals surface area contributed by atoms with Crippen LogP contribution in [0, 0.1) is 0 Å². The highest BCUT2D eigenvalue weighted by Crippen LogP contribution is 2.14. The van der Waals surface area contributed by atoms with Crippen LogP contribution in [0.3, 0.4) is 0 Å². The molecule has 0 aromatic carbocycles. The van der Waals surface area contributed by atoms with Gasteiger partial charge in [0.05, 0.1) is 6.61 Å². The van der Waals surface area contributed by atoms with E-state index in [-0.39, 0.29) is 25.2 Å². The maximum absolute atomic E-state index is 12.7. The second-order valence-corrected chi connectivity index (χ2v) is 15.6. The SMILES string of the molecule is CC/C=C\C/C=C\C/C=C\C/C=C\CCCOCC(COC(=O)CCCCCCCCC/C=C\C/C=C\C/C=C\CC)OC(=O)CCCCCCCCCCCCC. The van der Waals surface area contributed by atoms with Gasteiger partial charge >= 0.3 is 11.9 Å². The van der Waals surface area contributed by atoms with Crippen LogP contribution in [0.2, 0.25) is 0 Å². The molecule has 0 radical (unpaired) electrons. The molecular weight excluding hydrogens is 717 g/mol. The summed E-state index contributed by atoms with van der Waals surface area (Å²) in [5.41, 5.74) is 0. The van der Waals surface area contributed by atoms with Gasteiger partial charge in [0.25, 0.3) is 0 Å². The van der Waals surface area contributed by atoms with Gasteiger partial charge in [-0.2, -0.15) is 0 Å². The Kier molecular flexibility index (Phi) is 46.0. The molecule has 0 aliphatic heterocycles. The van der Waals surface area contributed by atoms with Crippen molar-refractivity contribution in [3.63, 3.8) is 0 Å². The van der Waals surface area contributed by atoms with E-state index in [1.807, 2.05) is 0 Å². The number of carbonyl (C=O) groups excluding carboxylic acids is 2. The van der Waals surface area contributed by atoms with Crippen LogP contribution >= 0.6 is 0 Å². The summed E-state index contributed by atoms with van der Waals surface area (Å²) in [6.45, 7) is 7.45. The zero-order valence-corrected chi connectivity index (χ0v) is 38.0. The summed E-state index contributed by atoms with van der Waals surface area (Å²) >= 11 is 0. The van der Waals surface area contributed by atoms with Gasteiger partial charge < -0.3 is 14.2 Å². The van der Waals surface area contributed by atoms with Gasteiger partial charge in [-0.15, -0.1) is 0 Å². The first-order valence-electron chi connectivity index (χ1n) is 24.1. The molecule has 58 heavy (non-hydrogen) atoms. The highest BCUT2D eigenvalue weighted by atomic mass is 16.6. The van der Waals surface area contributed by atoms with Crippen LogP contribution in [0.25, 0.3) is 0 Å². The van der Waals surface area contributed by atoms with E-state index in [9.17, 15) is 9.59 Å². The highest BCUT2D eigenvalue weighted by Gasteiger charge is 2.17. The first-order chi connectivity index (χ1) is 28.6. The fourth-order valence-corrected chi connectivity index (χ4v) is 6.41. The lowest BCUT2D eigenvalue weighted by Gasteiger charge is -2.18. The normalized spacial score (nSPS) is 12.9. The Balaban J connectivity index is 4.33. The standard InChI is InChI=1S/C53H90O5/c1-4-7-10-13-16-19-22-24-26-27-28-29-32-34-37-40-43-46-52(54)57-50-51(58-53(55)47-44-41-38-35-31-21-18-15-12-9-6-3)49-56-48-45-42-39-36-33-30-25-23-20-17-14-11-8-5-2/h7-8,10-11,16-17,19-20,24-26,30,36,39,51H,4-6,9,12-15,18,21-23,27-29,31-35,37-38,40-50H2,1-3H3/b10-7-,11-8-,19-16-,20-17-,26-24-,30-25-,39-36-. The topological polar surface area (TPSA) is 61.8 Å². The molecule has 0 fully saturated rings. The van der Waals surface area contributed by atoms with Crippen LogP contribution in [-0.2, 0) is 23.8 Å². The molecule has 1 unspecified atom stereocenters. The molecule has 0 saturated carbocycles. The van der Waals surface area contributed by atoms with E-state index in [1.165, 1.54) is 83.5 Å². The fourth-order valence-electron chi connectivity index (χ4n) is 6.41. The molecule has 0 saturated heterocycles. The van der Waals surface area contributed by atoms with E-state index in [4.69, 9.17) is 14.2 Å². The van der Waals surface area contributed by atoms with Gasteiger partial charge in [0.15, 0.2) is 6.10 Å². The number of esters is 2. The van der Waals surface area contributed by atoms with Crippen LogP contribution in [0.15, 0.2) is 85.1 Å². The molecular formula is C53H90O5. The van der Waals surface area contributed by atoms with Crippen molar-refractivity contribution in [2.45, 2.75) is 219 Å². The molecule has 0 heterocycles. The van der Waals surface area contributed by atoms with Crippen LogP contribution in [0.4, 0.5) is 0 Å². The van der Waals surface area contributed by atoms with Gasteiger partial charge in [-0.25, -0.2) is 0 Å². The second-order valence-electron chi connectivity index (χ2n) is 15.6. The summed E-state index contributed by atoms with van der Waals surface area (Å²) < 4.78 is 17.3. The summed E-state index contributed by atoms with van der Waals surface area (Å²) in [5.74, 6) is -0.440. The monoisotopic (exact) mass is 807 g/mol. The lowest BCUT2D eigenvalue weighted by Crippen LogP contribution is -2.30. The Morgan fingerprint density at radius 3 is 1.24 bits per heavy atom. The van der Waals surface area contributed by atoms with Crippen LogP contribution < -0.4 is 0 Å². The Morgan fingerprint density at radius 1 is 0.397 bits per heavy atom. The molecule has 0 spiro atoms. The van der Waals surface area contributed by atoms with Crippen molar-refractivity contribution in [3.05, 3.63) is 85.1 Å². The third-order valence-electron chi connectivity index (χ3n) is 9.93. The lowest BCUT2D eigenvalue weighted by molar-refractivity contribution is -0.163. The Morgan fingerprint density at radius 2 is 0.776 bits per heavy atom. The third kappa shape index (κ3) is 45.8. The van der Waals surface area contributed by atoms with Crippen LogP contribution in [0.5, 0.6) is 0 Å². The first kappa shape index (κ1) is 55.1.